The topological polar surface area (TPSA) is 240 Å². The zero-order valence-electron chi connectivity index (χ0n) is 25.6. The number of rotatable bonds is 18. The van der Waals surface area contributed by atoms with Gasteiger partial charge < -0.3 is 53.4 Å². The molecule has 2 aliphatic rings. The highest BCUT2D eigenvalue weighted by atomic mass is 35.5. The molecule has 22 heteroatoms. The van der Waals surface area contributed by atoms with Gasteiger partial charge in [-0.3, -0.25) is 18.2 Å². The number of nitrogens with zero attached hydrogens (tertiary/aromatic N) is 4. The standard InChI is InChI=1S/C25H37ClN5O15P/c1-3-5-40-24(34)42-12-44-47(36,45-13-43-25(35)41-8-7-37-2)14-39-10-16-18(32)19(33)22(46-16)31-11-27-17-20(28-15-4-6-38-9-15)29-23(26)30-21(17)31/h11,15-16,18-19,22,32-33H,3-10,12-14H2,1-2H3,(H,28,29,30)/t15-,16+,18+,19+,22+,47?/m0/s1. The maximum atomic E-state index is 13.3. The zero-order chi connectivity index (χ0) is 33.8. The molecule has 4 rings (SSSR count). The predicted molar refractivity (Wildman–Crippen MR) is 156 cm³/mol. The molecule has 0 saturated carbocycles. The number of nitrogens with one attached hydrogen (secondary N) is 1. The van der Waals surface area contributed by atoms with Crippen molar-refractivity contribution in [2.75, 3.05) is 72.0 Å². The summed E-state index contributed by atoms with van der Waals surface area (Å²) in [5.74, 6) is 0.368. The third-order valence-electron chi connectivity index (χ3n) is 6.59. The summed E-state index contributed by atoms with van der Waals surface area (Å²) >= 11 is 6.18. The summed E-state index contributed by atoms with van der Waals surface area (Å²) in [5.41, 5.74) is 0.584. The fourth-order valence-electron chi connectivity index (χ4n) is 4.29. The molecule has 0 aromatic carbocycles. The number of aliphatic hydroxyl groups excluding tert-OH is 2. The number of methoxy groups -OCH3 is 1. The molecule has 0 amide bonds. The monoisotopic (exact) mass is 713 g/mol. The van der Waals surface area contributed by atoms with Crippen LogP contribution in [0.2, 0.25) is 5.28 Å². The molecule has 2 saturated heterocycles. The van der Waals surface area contributed by atoms with Gasteiger partial charge in [-0.15, -0.1) is 0 Å². The SMILES string of the molecule is CCCOC(=O)OCOP(=O)(COC[C@H]1O[C@@H](n2cnc3c(N[C@H]4CCOC4)nc(Cl)nc32)[C@H](O)[C@@H]1O)OCOC(=O)OCCOC. The minimum atomic E-state index is -4.28. The number of carbonyl (C=O) groups excluding carboxylic acids is 2. The van der Waals surface area contributed by atoms with Gasteiger partial charge in [-0.25, -0.2) is 14.6 Å². The van der Waals surface area contributed by atoms with Crippen LogP contribution in [-0.4, -0.2) is 133 Å². The molecule has 3 N–H and O–H groups in total. The van der Waals surface area contributed by atoms with E-state index in [4.69, 9.17) is 58.5 Å². The number of carbonyl (C=O) groups is 2. The summed E-state index contributed by atoms with van der Waals surface area (Å²) in [6.07, 6.45) is -5.56. The first kappa shape index (κ1) is 36.9. The number of anilines is 1. The van der Waals surface area contributed by atoms with Crippen LogP contribution in [0, 0.1) is 0 Å². The number of hydrogen-bond acceptors (Lipinski definition) is 19. The lowest BCUT2D eigenvalue weighted by Crippen LogP contribution is -2.34. The van der Waals surface area contributed by atoms with E-state index in [-0.39, 0.29) is 36.8 Å². The Labute approximate surface area is 273 Å². The Hall–Kier alpha value is -2.91. The van der Waals surface area contributed by atoms with Gasteiger partial charge in [0, 0.05) is 13.7 Å². The highest BCUT2D eigenvalue weighted by Gasteiger charge is 2.45. The average molecular weight is 714 g/mol. The van der Waals surface area contributed by atoms with Crippen molar-refractivity contribution in [2.45, 2.75) is 50.3 Å². The minimum Gasteiger partial charge on any atom is -0.434 e. The largest absolute Gasteiger partial charge is 0.510 e. The van der Waals surface area contributed by atoms with Crippen molar-refractivity contribution in [2.24, 2.45) is 0 Å². The Balaban J connectivity index is 1.36. The van der Waals surface area contributed by atoms with Crippen molar-refractivity contribution in [3.63, 3.8) is 0 Å². The van der Waals surface area contributed by atoms with Gasteiger partial charge in [0.1, 0.15) is 31.3 Å². The Morgan fingerprint density at radius 1 is 1.09 bits per heavy atom. The summed E-state index contributed by atoms with van der Waals surface area (Å²) in [4.78, 5) is 36.1. The van der Waals surface area contributed by atoms with E-state index in [0.29, 0.717) is 31.0 Å². The molecule has 2 aromatic heterocycles. The second kappa shape index (κ2) is 18.0. The van der Waals surface area contributed by atoms with Gasteiger partial charge >= 0.3 is 19.9 Å². The molecule has 47 heavy (non-hydrogen) atoms. The van der Waals surface area contributed by atoms with E-state index in [2.05, 4.69) is 20.3 Å². The van der Waals surface area contributed by atoms with Gasteiger partial charge in [0.2, 0.25) is 18.9 Å². The Morgan fingerprint density at radius 2 is 1.81 bits per heavy atom. The van der Waals surface area contributed by atoms with E-state index < -0.39 is 71.0 Å². The molecule has 0 bridgehead atoms. The molecule has 6 atom stereocenters. The second-order valence-electron chi connectivity index (χ2n) is 10.00. The van der Waals surface area contributed by atoms with E-state index in [1.807, 2.05) is 0 Å². The van der Waals surface area contributed by atoms with Gasteiger partial charge in [-0.2, -0.15) is 9.97 Å². The lowest BCUT2D eigenvalue weighted by Gasteiger charge is -2.20. The van der Waals surface area contributed by atoms with Crippen LogP contribution in [0.25, 0.3) is 11.2 Å². The number of halogens is 1. The van der Waals surface area contributed by atoms with E-state index in [0.717, 1.165) is 6.42 Å². The highest BCUT2D eigenvalue weighted by molar-refractivity contribution is 7.53. The van der Waals surface area contributed by atoms with E-state index in [1.54, 1.807) is 6.92 Å². The van der Waals surface area contributed by atoms with Crippen LogP contribution in [0.3, 0.4) is 0 Å². The van der Waals surface area contributed by atoms with Crippen molar-refractivity contribution in [1.82, 2.24) is 19.5 Å². The normalized spacial score (nSPS) is 23.8. The predicted octanol–water partition coefficient (Wildman–Crippen LogP) is 1.78. The molecular formula is C25H37ClN5O15P. The summed E-state index contributed by atoms with van der Waals surface area (Å²) in [6.45, 7) is 0.831. The number of aliphatic hydroxyl groups is 2. The van der Waals surface area contributed by atoms with Gasteiger partial charge in [-0.1, -0.05) is 6.92 Å². The fraction of sp³-hybridized carbons (Fsp3) is 0.720. The number of hydrogen-bond donors (Lipinski definition) is 3. The Bertz CT molecular complexity index is 1370. The molecule has 1 unspecified atom stereocenters. The molecule has 0 spiro atoms. The summed E-state index contributed by atoms with van der Waals surface area (Å²) in [7, 11) is -2.87. The van der Waals surface area contributed by atoms with Gasteiger partial charge in [0.05, 0.1) is 38.8 Å². The molecule has 4 heterocycles. The number of imidazole rings is 1. The van der Waals surface area contributed by atoms with Crippen molar-refractivity contribution >= 4 is 48.5 Å². The van der Waals surface area contributed by atoms with Crippen LogP contribution in [0.4, 0.5) is 15.4 Å². The van der Waals surface area contributed by atoms with Gasteiger partial charge in [0.25, 0.3) is 0 Å². The van der Waals surface area contributed by atoms with Crippen LogP contribution in [0.5, 0.6) is 0 Å². The maximum Gasteiger partial charge on any atom is 0.510 e. The van der Waals surface area contributed by atoms with Crippen molar-refractivity contribution in [3.05, 3.63) is 11.6 Å². The Morgan fingerprint density at radius 3 is 2.47 bits per heavy atom. The number of fused-ring (bicyclic) bond motifs is 1. The van der Waals surface area contributed by atoms with Gasteiger partial charge in [-0.05, 0) is 24.4 Å². The van der Waals surface area contributed by atoms with Crippen LogP contribution in [0.1, 0.15) is 26.0 Å². The van der Waals surface area contributed by atoms with Crippen LogP contribution in [-0.2, 0) is 51.5 Å². The van der Waals surface area contributed by atoms with Crippen molar-refractivity contribution in [1.29, 1.82) is 0 Å². The molecule has 2 aliphatic heterocycles. The summed E-state index contributed by atoms with van der Waals surface area (Å²) in [5, 5.41) is 24.7. The van der Waals surface area contributed by atoms with Crippen molar-refractivity contribution in [3.8, 4) is 0 Å². The average Bonchev–Trinajstić information content (AvgIpc) is 3.77. The van der Waals surface area contributed by atoms with E-state index in [1.165, 1.54) is 18.0 Å². The first-order valence-electron chi connectivity index (χ1n) is 14.4. The minimum absolute atomic E-state index is 0.00218. The molecule has 264 valence electrons. The molecule has 0 radical (unpaired) electrons. The highest BCUT2D eigenvalue weighted by Crippen LogP contribution is 2.48. The molecule has 2 fully saturated rings. The molecule has 20 nitrogen and oxygen atoms in total. The third-order valence-corrected chi connectivity index (χ3v) is 8.26. The van der Waals surface area contributed by atoms with E-state index >= 15 is 0 Å². The quantitative estimate of drug-likeness (QED) is 0.0655. The van der Waals surface area contributed by atoms with E-state index in [9.17, 15) is 24.4 Å². The number of aromatic nitrogens is 4. The molecule has 2 aromatic rings. The summed E-state index contributed by atoms with van der Waals surface area (Å²) < 4.78 is 65.3. The fourth-order valence-corrected chi connectivity index (χ4v) is 5.44. The maximum absolute atomic E-state index is 13.3. The zero-order valence-corrected chi connectivity index (χ0v) is 27.2. The first-order chi connectivity index (χ1) is 22.6. The molecule has 0 aliphatic carbocycles. The molecular weight excluding hydrogens is 677 g/mol. The Kier molecular flexibility index (Phi) is 14.2. The summed E-state index contributed by atoms with van der Waals surface area (Å²) in [6, 6.07) is -0.00218. The smallest absolute Gasteiger partial charge is 0.434 e. The number of ether oxygens (including phenoxy) is 8. The van der Waals surface area contributed by atoms with Crippen molar-refractivity contribution < 1.29 is 71.3 Å². The van der Waals surface area contributed by atoms with Crippen LogP contribution in [0.15, 0.2) is 6.33 Å². The third kappa shape index (κ3) is 10.5. The lowest BCUT2D eigenvalue weighted by atomic mass is 10.1. The lowest BCUT2D eigenvalue weighted by molar-refractivity contribution is -0.0649. The van der Waals surface area contributed by atoms with Gasteiger partial charge in [0.15, 0.2) is 23.2 Å². The van der Waals surface area contributed by atoms with Crippen LogP contribution < -0.4 is 5.32 Å². The first-order valence-corrected chi connectivity index (χ1v) is 16.5. The van der Waals surface area contributed by atoms with Crippen LogP contribution >= 0.6 is 19.2 Å². The second-order valence-corrected chi connectivity index (χ2v) is 12.3.